The van der Waals surface area contributed by atoms with Crippen LogP contribution in [0.2, 0.25) is 0 Å². The first kappa shape index (κ1) is 21.9. The quantitative estimate of drug-likeness (QED) is 0.511. The number of phenols is 1. The predicted molar refractivity (Wildman–Crippen MR) is 119 cm³/mol. The minimum absolute atomic E-state index is 0.0553. The monoisotopic (exact) mass is 468 g/mol. The molecule has 164 valence electrons. The van der Waals surface area contributed by atoms with Crippen molar-refractivity contribution in [1.29, 1.82) is 5.26 Å². The molecular weight excluding hydrogens is 448 g/mol. The summed E-state index contributed by atoms with van der Waals surface area (Å²) < 4.78 is 26.7. The molecule has 2 aromatic carbocycles. The molecule has 1 aromatic heterocycles. The van der Waals surface area contributed by atoms with E-state index in [0.717, 1.165) is 16.5 Å². The van der Waals surface area contributed by atoms with Crippen LogP contribution in [-0.4, -0.2) is 47.0 Å². The largest absolute Gasteiger partial charge is 0.508 e. The molecule has 0 aliphatic carbocycles. The van der Waals surface area contributed by atoms with Gasteiger partial charge in [-0.3, -0.25) is 4.79 Å². The number of nitrogens with one attached hydrogen (secondary N) is 1. The third-order valence-corrected chi connectivity index (χ3v) is 8.00. The number of nitrogens with zero attached hydrogens (tertiary/aromatic N) is 3. The molecule has 4 rings (SSSR count). The maximum absolute atomic E-state index is 12.8. The van der Waals surface area contributed by atoms with Gasteiger partial charge in [-0.15, -0.1) is 0 Å². The topological polar surface area (TPSA) is 125 Å². The molecule has 8 nitrogen and oxygen atoms in total. The summed E-state index contributed by atoms with van der Waals surface area (Å²) in [6.45, 7) is 0.187. The Morgan fingerprint density at radius 1 is 1.28 bits per heavy atom. The molecule has 2 N–H and O–H groups in total. The Labute approximate surface area is 189 Å². The highest BCUT2D eigenvalue weighted by molar-refractivity contribution is 7.99. The van der Waals surface area contributed by atoms with Crippen molar-refractivity contribution < 1.29 is 18.3 Å². The minimum atomic E-state index is -3.55. The van der Waals surface area contributed by atoms with E-state index < -0.39 is 9.84 Å². The van der Waals surface area contributed by atoms with Gasteiger partial charge in [0.1, 0.15) is 11.4 Å². The molecule has 0 spiro atoms. The number of nitriles is 1. The fourth-order valence-electron chi connectivity index (χ4n) is 3.52. The van der Waals surface area contributed by atoms with Crippen molar-refractivity contribution in [1.82, 2.24) is 14.9 Å². The maximum Gasteiger partial charge on any atom is 0.269 e. The summed E-state index contributed by atoms with van der Waals surface area (Å²) in [7, 11) is -3.55. The van der Waals surface area contributed by atoms with Gasteiger partial charge in [0.15, 0.2) is 15.0 Å². The van der Waals surface area contributed by atoms with Gasteiger partial charge in [-0.25, -0.2) is 13.4 Å². The SMILES string of the molecule is N#Cc1ccc(C2CSc3ncc(C(=O)NCCCS(=O)(=O)c4cccc(O)c4)n32)cc1. The molecule has 1 unspecified atom stereocenters. The minimum Gasteiger partial charge on any atom is -0.508 e. The van der Waals surface area contributed by atoms with Gasteiger partial charge in [0.25, 0.3) is 5.91 Å². The molecule has 1 aliphatic heterocycles. The molecule has 3 aromatic rings. The van der Waals surface area contributed by atoms with Gasteiger partial charge >= 0.3 is 0 Å². The zero-order chi connectivity index (χ0) is 22.7. The number of carbonyl (C=O) groups is 1. The van der Waals surface area contributed by atoms with Crippen molar-refractivity contribution >= 4 is 27.5 Å². The number of thioether (sulfide) groups is 1. The lowest BCUT2D eigenvalue weighted by atomic mass is 10.1. The van der Waals surface area contributed by atoms with E-state index in [1.807, 2.05) is 16.7 Å². The standard InChI is InChI=1S/C22H20N4O4S2/c23-12-15-5-7-16(8-6-15)20-14-31-22-25-13-19(26(20)22)21(28)24-9-2-10-32(29,30)18-4-1-3-17(27)11-18/h1,3-8,11,13,20,27H,2,9-10,14H2,(H,24,28). The van der Waals surface area contributed by atoms with E-state index in [-0.39, 0.29) is 41.3 Å². The van der Waals surface area contributed by atoms with Crippen LogP contribution in [0.25, 0.3) is 0 Å². The molecule has 0 fully saturated rings. The zero-order valence-corrected chi connectivity index (χ0v) is 18.6. The molecule has 2 heterocycles. The third-order valence-electron chi connectivity index (χ3n) is 5.15. The predicted octanol–water partition coefficient (Wildman–Crippen LogP) is 2.75. The third kappa shape index (κ3) is 4.49. The molecule has 1 aliphatic rings. The van der Waals surface area contributed by atoms with Crippen LogP contribution in [0.3, 0.4) is 0 Å². The highest BCUT2D eigenvalue weighted by Gasteiger charge is 2.30. The molecule has 0 radical (unpaired) electrons. The Balaban J connectivity index is 1.39. The Morgan fingerprint density at radius 3 is 2.78 bits per heavy atom. The smallest absolute Gasteiger partial charge is 0.269 e. The van der Waals surface area contributed by atoms with Crippen LogP contribution in [0.4, 0.5) is 0 Å². The molecule has 1 atom stereocenters. The van der Waals surface area contributed by atoms with Crippen LogP contribution in [0.5, 0.6) is 5.75 Å². The number of fused-ring (bicyclic) bond motifs is 1. The number of phenolic OH excluding ortho intramolecular Hbond substituents is 1. The van der Waals surface area contributed by atoms with Gasteiger partial charge in [-0.1, -0.05) is 30.0 Å². The lowest BCUT2D eigenvalue weighted by Gasteiger charge is -2.16. The second-order valence-electron chi connectivity index (χ2n) is 7.28. The molecule has 1 amide bonds. The number of aromatic hydroxyl groups is 1. The van der Waals surface area contributed by atoms with Crippen LogP contribution >= 0.6 is 11.8 Å². The number of hydrogen-bond acceptors (Lipinski definition) is 7. The normalized spacial score (nSPS) is 15.2. The highest BCUT2D eigenvalue weighted by atomic mass is 32.2. The number of carbonyl (C=O) groups excluding carboxylic acids is 1. The van der Waals surface area contributed by atoms with Crippen LogP contribution in [0, 0.1) is 11.3 Å². The molecule has 0 bridgehead atoms. The lowest BCUT2D eigenvalue weighted by molar-refractivity contribution is 0.0943. The second-order valence-corrected chi connectivity index (χ2v) is 10.4. The Bertz CT molecular complexity index is 1290. The van der Waals surface area contributed by atoms with Crippen molar-refractivity contribution in [2.24, 2.45) is 0 Å². The van der Waals surface area contributed by atoms with Crippen LogP contribution < -0.4 is 5.32 Å². The van der Waals surface area contributed by atoms with Crippen molar-refractivity contribution in [3.63, 3.8) is 0 Å². The van der Waals surface area contributed by atoms with Gasteiger partial charge < -0.3 is 15.0 Å². The first-order chi connectivity index (χ1) is 15.4. The summed E-state index contributed by atoms with van der Waals surface area (Å²) in [6, 6.07) is 14.8. The summed E-state index contributed by atoms with van der Waals surface area (Å²) in [5.41, 5.74) is 1.97. The number of imidazole rings is 1. The average Bonchev–Trinajstić information content (AvgIpc) is 3.39. The van der Waals surface area contributed by atoms with Crippen molar-refractivity contribution in [2.75, 3.05) is 18.1 Å². The molecule has 0 saturated carbocycles. The highest BCUT2D eigenvalue weighted by Crippen LogP contribution is 2.37. The van der Waals surface area contributed by atoms with E-state index >= 15 is 0 Å². The maximum atomic E-state index is 12.8. The van der Waals surface area contributed by atoms with E-state index in [9.17, 15) is 18.3 Å². The summed E-state index contributed by atoms with van der Waals surface area (Å²) >= 11 is 1.56. The summed E-state index contributed by atoms with van der Waals surface area (Å²) in [4.78, 5) is 17.2. The Kier molecular flexibility index (Phi) is 6.21. The number of rotatable bonds is 7. The Morgan fingerprint density at radius 2 is 2.06 bits per heavy atom. The van der Waals surface area contributed by atoms with E-state index in [1.54, 1.807) is 23.9 Å². The fraction of sp³-hybridized carbons (Fsp3) is 0.227. The van der Waals surface area contributed by atoms with Gasteiger partial charge in [0.2, 0.25) is 0 Å². The number of sulfone groups is 1. The summed E-state index contributed by atoms with van der Waals surface area (Å²) in [5, 5.41) is 22.0. The Hall–Kier alpha value is -3.29. The van der Waals surface area contributed by atoms with Crippen LogP contribution in [-0.2, 0) is 9.84 Å². The molecular formula is C22H20N4O4S2. The van der Waals surface area contributed by atoms with Gasteiger partial charge in [0.05, 0.1) is 34.5 Å². The van der Waals surface area contributed by atoms with E-state index in [1.165, 1.54) is 30.5 Å². The van der Waals surface area contributed by atoms with Gasteiger partial charge in [-0.05, 0) is 42.3 Å². The van der Waals surface area contributed by atoms with Crippen molar-refractivity contribution in [3.05, 3.63) is 71.5 Å². The number of amides is 1. The summed E-state index contributed by atoms with van der Waals surface area (Å²) in [6.07, 6.45) is 1.76. The van der Waals surface area contributed by atoms with Crippen molar-refractivity contribution in [3.8, 4) is 11.8 Å². The number of benzene rings is 2. The zero-order valence-electron chi connectivity index (χ0n) is 16.9. The van der Waals surface area contributed by atoms with Gasteiger partial charge in [0, 0.05) is 12.3 Å². The fourth-order valence-corrected chi connectivity index (χ4v) is 6.01. The molecule has 32 heavy (non-hydrogen) atoms. The van der Waals surface area contributed by atoms with Crippen molar-refractivity contribution in [2.45, 2.75) is 22.5 Å². The van der Waals surface area contributed by atoms with Gasteiger partial charge in [-0.2, -0.15) is 5.26 Å². The van der Waals surface area contributed by atoms with E-state index in [2.05, 4.69) is 16.4 Å². The first-order valence-corrected chi connectivity index (χ1v) is 12.5. The van der Waals surface area contributed by atoms with Crippen LogP contribution in [0.1, 0.15) is 34.1 Å². The molecule has 0 saturated heterocycles. The second kappa shape index (κ2) is 9.06. The lowest BCUT2D eigenvalue weighted by Crippen LogP contribution is -2.29. The summed E-state index contributed by atoms with van der Waals surface area (Å²) in [5.74, 6) is 0.158. The van der Waals surface area contributed by atoms with E-state index in [0.29, 0.717) is 11.3 Å². The van der Waals surface area contributed by atoms with Crippen LogP contribution in [0.15, 0.2) is 64.8 Å². The average molecular weight is 469 g/mol. The number of hydrogen-bond donors (Lipinski definition) is 2. The first-order valence-electron chi connectivity index (χ1n) is 9.89. The number of aromatic nitrogens is 2. The van der Waals surface area contributed by atoms with E-state index in [4.69, 9.17) is 5.26 Å². The molecule has 10 heteroatoms.